The zero-order chi connectivity index (χ0) is 19.4. The molecule has 0 saturated carbocycles. The summed E-state index contributed by atoms with van der Waals surface area (Å²) in [6.45, 7) is 18.0. The maximum absolute atomic E-state index is 11.9. The van der Waals surface area contributed by atoms with Crippen molar-refractivity contribution in [1.29, 1.82) is 0 Å². The van der Waals surface area contributed by atoms with Gasteiger partial charge in [0.25, 0.3) is 0 Å². The molecule has 0 atom stereocenters. The maximum atomic E-state index is 11.9. The lowest BCUT2D eigenvalue weighted by Gasteiger charge is -2.31. The molecular formula is C20H40O5. The highest BCUT2D eigenvalue weighted by molar-refractivity contribution is 5.54. The zero-order valence-corrected chi connectivity index (χ0v) is 17.5. The van der Waals surface area contributed by atoms with Gasteiger partial charge in [-0.15, -0.1) is 0 Å². The molecule has 0 aliphatic heterocycles. The van der Waals surface area contributed by atoms with E-state index < -0.39 is 0 Å². The standard InChI is InChI=1S/C20H40O5/c1-14(2)22-10-18(11-23-15(3)4)20(9-21)19(12-24-16(5)6)13-25-17(7)8/h9,14-20H,10-13H2,1-8H3. The first-order valence-corrected chi connectivity index (χ1v) is 9.59. The second-order valence-corrected chi connectivity index (χ2v) is 7.76. The number of carbonyl (C=O) groups is 1. The molecule has 0 saturated heterocycles. The number of rotatable bonds is 15. The van der Waals surface area contributed by atoms with E-state index in [-0.39, 0.29) is 42.2 Å². The van der Waals surface area contributed by atoms with Crippen LogP contribution in [0.1, 0.15) is 55.4 Å². The topological polar surface area (TPSA) is 54.0 Å². The van der Waals surface area contributed by atoms with Crippen LogP contribution in [0.4, 0.5) is 0 Å². The summed E-state index contributed by atoms with van der Waals surface area (Å²) in [5, 5.41) is 0. The largest absolute Gasteiger partial charge is 0.378 e. The molecule has 0 rings (SSSR count). The molecule has 5 heteroatoms. The van der Waals surface area contributed by atoms with Gasteiger partial charge >= 0.3 is 0 Å². The van der Waals surface area contributed by atoms with E-state index in [4.69, 9.17) is 18.9 Å². The van der Waals surface area contributed by atoms with Gasteiger partial charge in [0.1, 0.15) is 6.29 Å². The lowest BCUT2D eigenvalue weighted by Crippen LogP contribution is -2.38. The van der Waals surface area contributed by atoms with Crippen molar-refractivity contribution in [1.82, 2.24) is 0 Å². The fourth-order valence-electron chi connectivity index (χ4n) is 2.41. The van der Waals surface area contributed by atoms with Crippen molar-refractivity contribution in [3.63, 3.8) is 0 Å². The van der Waals surface area contributed by atoms with Crippen molar-refractivity contribution in [2.24, 2.45) is 17.8 Å². The minimum atomic E-state index is -0.227. The third kappa shape index (κ3) is 12.5. The Morgan fingerprint density at radius 1 is 0.560 bits per heavy atom. The van der Waals surface area contributed by atoms with Crippen molar-refractivity contribution in [3.05, 3.63) is 0 Å². The van der Waals surface area contributed by atoms with E-state index >= 15 is 0 Å². The molecule has 25 heavy (non-hydrogen) atoms. The van der Waals surface area contributed by atoms with Gasteiger partial charge in [0.05, 0.1) is 50.8 Å². The van der Waals surface area contributed by atoms with Gasteiger partial charge in [-0.1, -0.05) is 0 Å². The molecule has 0 bridgehead atoms. The Labute approximate surface area is 154 Å². The Kier molecular flexibility index (Phi) is 13.4. The average Bonchev–Trinajstić information content (AvgIpc) is 2.50. The van der Waals surface area contributed by atoms with E-state index in [2.05, 4.69) is 0 Å². The molecule has 0 unspecified atom stereocenters. The van der Waals surface area contributed by atoms with Crippen molar-refractivity contribution in [3.8, 4) is 0 Å². The van der Waals surface area contributed by atoms with Crippen LogP contribution < -0.4 is 0 Å². The Morgan fingerprint density at radius 3 is 0.960 bits per heavy atom. The van der Waals surface area contributed by atoms with E-state index in [0.717, 1.165) is 6.29 Å². The second-order valence-electron chi connectivity index (χ2n) is 7.76. The fraction of sp³-hybridized carbons (Fsp3) is 0.950. The fourth-order valence-corrected chi connectivity index (χ4v) is 2.41. The first-order chi connectivity index (χ1) is 11.7. The molecule has 0 aliphatic rings. The van der Waals surface area contributed by atoms with Gasteiger partial charge in [0, 0.05) is 17.8 Å². The molecule has 0 aliphatic carbocycles. The third-order valence-corrected chi connectivity index (χ3v) is 3.82. The number of hydrogen-bond acceptors (Lipinski definition) is 5. The van der Waals surface area contributed by atoms with Crippen LogP contribution in [0.5, 0.6) is 0 Å². The minimum Gasteiger partial charge on any atom is -0.378 e. The van der Waals surface area contributed by atoms with E-state index in [1.165, 1.54) is 0 Å². The van der Waals surface area contributed by atoms with Gasteiger partial charge < -0.3 is 23.7 Å². The lowest BCUT2D eigenvalue weighted by atomic mass is 9.83. The van der Waals surface area contributed by atoms with E-state index in [1.807, 2.05) is 55.4 Å². The molecule has 0 N–H and O–H groups in total. The maximum Gasteiger partial charge on any atom is 0.123 e. The summed E-state index contributed by atoms with van der Waals surface area (Å²) in [6, 6.07) is 0. The minimum absolute atomic E-state index is 0.0150. The Bertz CT molecular complexity index is 276. The SMILES string of the molecule is CC(C)OCC(COC(C)C)C(C=O)C(COC(C)C)COC(C)C. The zero-order valence-electron chi connectivity index (χ0n) is 17.5. The molecule has 0 heterocycles. The predicted octanol–water partition coefficient (Wildman–Crippen LogP) is 3.73. The highest BCUT2D eigenvalue weighted by Crippen LogP contribution is 2.24. The first-order valence-electron chi connectivity index (χ1n) is 9.59. The van der Waals surface area contributed by atoms with Crippen LogP contribution in [0, 0.1) is 17.8 Å². The summed E-state index contributed by atoms with van der Waals surface area (Å²) in [4.78, 5) is 11.9. The van der Waals surface area contributed by atoms with E-state index in [0.29, 0.717) is 26.4 Å². The molecule has 0 aromatic heterocycles. The summed E-state index contributed by atoms with van der Waals surface area (Å²) >= 11 is 0. The van der Waals surface area contributed by atoms with Gasteiger partial charge in [-0.05, 0) is 55.4 Å². The predicted molar refractivity (Wildman–Crippen MR) is 101 cm³/mol. The van der Waals surface area contributed by atoms with Crippen molar-refractivity contribution < 1.29 is 23.7 Å². The molecule has 0 amide bonds. The number of hydrogen-bond donors (Lipinski definition) is 0. The Hall–Kier alpha value is -0.490. The summed E-state index contributed by atoms with van der Waals surface area (Å²) in [6.07, 6.45) is 1.49. The van der Waals surface area contributed by atoms with Crippen LogP contribution in [-0.2, 0) is 23.7 Å². The first kappa shape index (κ1) is 24.5. The van der Waals surface area contributed by atoms with Crippen LogP contribution in [0.15, 0.2) is 0 Å². The quantitative estimate of drug-likeness (QED) is 0.417. The van der Waals surface area contributed by atoms with Gasteiger partial charge in [0.2, 0.25) is 0 Å². The van der Waals surface area contributed by atoms with Gasteiger partial charge in [-0.25, -0.2) is 0 Å². The van der Waals surface area contributed by atoms with Crippen molar-refractivity contribution >= 4 is 6.29 Å². The molecule has 0 spiro atoms. The number of aldehydes is 1. The molecule has 5 nitrogen and oxygen atoms in total. The molecule has 0 fully saturated rings. The van der Waals surface area contributed by atoms with Gasteiger partial charge in [-0.2, -0.15) is 0 Å². The van der Waals surface area contributed by atoms with Crippen LogP contribution in [0.25, 0.3) is 0 Å². The van der Waals surface area contributed by atoms with Crippen molar-refractivity contribution in [2.45, 2.75) is 79.8 Å². The highest BCUT2D eigenvalue weighted by atomic mass is 16.5. The molecular weight excluding hydrogens is 320 g/mol. The molecule has 0 aromatic rings. The summed E-state index contributed by atoms with van der Waals surface area (Å²) in [5.41, 5.74) is 0. The normalized spacial score (nSPS) is 12.8. The Balaban J connectivity index is 5.12. The summed E-state index contributed by atoms with van der Waals surface area (Å²) < 4.78 is 23.2. The third-order valence-electron chi connectivity index (χ3n) is 3.82. The van der Waals surface area contributed by atoms with E-state index in [1.54, 1.807) is 0 Å². The molecule has 0 radical (unpaired) electrons. The summed E-state index contributed by atoms with van der Waals surface area (Å²) in [5.74, 6) is -0.257. The second kappa shape index (κ2) is 13.7. The smallest absolute Gasteiger partial charge is 0.123 e. The highest BCUT2D eigenvalue weighted by Gasteiger charge is 2.31. The summed E-state index contributed by atoms with van der Waals surface area (Å²) in [7, 11) is 0. The van der Waals surface area contributed by atoms with Crippen molar-refractivity contribution in [2.75, 3.05) is 26.4 Å². The lowest BCUT2D eigenvalue weighted by molar-refractivity contribution is -0.123. The average molecular weight is 361 g/mol. The molecule has 150 valence electrons. The van der Waals surface area contributed by atoms with E-state index in [9.17, 15) is 4.79 Å². The molecule has 0 aromatic carbocycles. The monoisotopic (exact) mass is 360 g/mol. The number of ether oxygens (including phenoxy) is 4. The van der Waals surface area contributed by atoms with Crippen LogP contribution in [-0.4, -0.2) is 57.1 Å². The Morgan fingerprint density at radius 2 is 0.800 bits per heavy atom. The van der Waals surface area contributed by atoms with Gasteiger partial charge in [-0.3, -0.25) is 0 Å². The van der Waals surface area contributed by atoms with Crippen LogP contribution in [0.3, 0.4) is 0 Å². The van der Waals surface area contributed by atoms with Crippen LogP contribution in [0.2, 0.25) is 0 Å². The van der Waals surface area contributed by atoms with Crippen LogP contribution >= 0.6 is 0 Å². The van der Waals surface area contributed by atoms with Gasteiger partial charge in [0.15, 0.2) is 0 Å². The number of carbonyl (C=O) groups excluding carboxylic acids is 1.